The summed E-state index contributed by atoms with van der Waals surface area (Å²) in [4.78, 5) is 32.8. The Balaban J connectivity index is 1.45. The Morgan fingerprint density at radius 3 is 2.62 bits per heavy atom. The quantitative estimate of drug-likeness (QED) is 0.506. The zero-order chi connectivity index (χ0) is 20.2. The van der Waals surface area contributed by atoms with Crippen LogP contribution in [0.25, 0.3) is 11.6 Å². The van der Waals surface area contributed by atoms with E-state index < -0.39 is 0 Å². The SMILES string of the molecule is CSc1nc(-c2ccco2)nc(C)c1C(=O)NC1CCN(c2ncccn2)CC1. The van der Waals surface area contributed by atoms with E-state index in [-0.39, 0.29) is 11.9 Å². The molecule has 0 radical (unpaired) electrons. The Hall–Kier alpha value is -2.94. The van der Waals surface area contributed by atoms with Crippen molar-refractivity contribution in [1.82, 2.24) is 25.3 Å². The van der Waals surface area contributed by atoms with Crippen LogP contribution in [0.3, 0.4) is 0 Å². The highest BCUT2D eigenvalue weighted by Crippen LogP contribution is 2.25. The van der Waals surface area contributed by atoms with Crippen molar-refractivity contribution < 1.29 is 9.21 Å². The van der Waals surface area contributed by atoms with Crippen LogP contribution in [0.5, 0.6) is 0 Å². The third-order valence-electron chi connectivity index (χ3n) is 4.88. The van der Waals surface area contributed by atoms with E-state index in [2.05, 4.69) is 30.2 Å². The van der Waals surface area contributed by atoms with Gasteiger partial charge in [0.05, 0.1) is 17.5 Å². The van der Waals surface area contributed by atoms with Crippen molar-refractivity contribution in [3.05, 3.63) is 48.1 Å². The second kappa shape index (κ2) is 8.60. The van der Waals surface area contributed by atoms with Crippen LogP contribution in [0.2, 0.25) is 0 Å². The molecule has 0 aliphatic carbocycles. The van der Waals surface area contributed by atoms with E-state index in [1.54, 1.807) is 30.8 Å². The fourth-order valence-electron chi connectivity index (χ4n) is 3.41. The first kappa shape index (κ1) is 19.4. The largest absolute Gasteiger partial charge is 0.461 e. The molecule has 29 heavy (non-hydrogen) atoms. The van der Waals surface area contributed by atoms with Gasteiger partial charge in [-0.2, -0.15) is 0 Å². The molecule has 0 aromatic carbocycles. The Bertz CT molecular complexity index is 972. The number of carbonyl (C=O) groups is 1. The molecular weight excluding hydrogens is 388 g/mol. The van der Waals surface area contributed by atoms with Gasteiger partial charge in [-0.05, 0) is 44.2 Å². The van der Waals surface area contributed by atoms with Crippen LogP contribution in [-0.4, -0.2) is 51.2 Å². The predicted octanol–water partition coefficient (Wildman–Crippen LogP) is 2.96. The number of aromatic nitrogens is 4. The van der Waals surface area contributed by atoms with E-state index in [4.69, 9.17) is 4.42 Å². The van der Waals surface area contributed by atoms with Gasteiger partial charge in [0.1, 0.15) is 5.03 Å². The fourth-order valence-corrected chi connectivity index (χ4v) is 4.03. The standard InChI is InChI=1S/C20H22N6O2S/c1-13-16(19(29-2)25-17(23-13)15-5-3-12-28-15)18(27)24-14-6-10-26(11-7-14)20-21-8-4-9-22-20/h3-5,8-9,12,14H,6-7,10-11H2,1-2H3,(H,24,27). The van der Waals surface area contributed by atoms with Gasteiger partial charge in [0.25, 0.3) is 5.91 Å². The summed E-state index contributed by atoms with van der Waals surface area (Å²) in [6.07, 6.45) is 8.65. The van der Waals surface area contributed by atoms with Crippen molar-refractivity contribution in [2.75, 3.05) is 24.2 Å². The molecule has 0 saturated carbocycles. The Kier molecular flexibility index (Phi) is 5.75. The highest BCUT2D eigenvalue weighted by Gasteiger charge is 2.25. The lowest BCUT2D eigenvalue weighted by molar-refractivity contribution is 0.0926. The second-order valence-electron chi connectivity index (χ2n) is 6.78. The molecule has 0 atom stereocenters. The molecule has 1 N–H and O–H groups in total. The molecule has 0 spiro atoms. The lowest BCUT2D eigenvalue weighted by Gasteiger charge is -2.32. The molecule has 150 valence electrons. The fraction of sp³-hybridized carbons (Fsp3) is 0.350. The van der Waals surface area contributed by atoms with Crippen LogP contribution in [0, 0.1) is 6.92 Å². The van der Waals surface area contributed by atoms with Crippen LogP contribution in [0.1, 0.15) is 28.9 Å². The summed E-state index contributed by atoms with van der Waals surface area (Å²) in [5, 5.41) is 3.80. The molecular formula is C20H22N6O2S. The molecule has 1 fully saturated rings. The molecule has 4 rings (SSSR count). The van der Waals surface area contributed by atoms with E-state index >= 15 is 0 Å². The van der Waals surface area contributed by atoms with Gasteiger partial charge in [-0.1, -0.05) is 0 Å². The molecule has 1 amide bonds. The van der Waals surface area contributed by atoms with Crippen molar-refractivity contribution in [2.45, 2.75) is 30.8 Å². The molecule has 0 bridgehead atoms. The van der Waals surface area contributed by atoms with Crippen LogP contribution < -0.4 is 10.2 Å². The summed E-state index contributed by atoms with van der Waals surface area (Å²) in [5.74, 6) is 1.68. The van der Waals surface area contributed by atoms with Gasteiger partial charge in [0.2, 0.25) is 5.95 Å². The smallest absolute Gasteiger partial charge is 0.256 e. The second-order valence-corrected chi connectivity index (χ2v) is 7.57. The lowest BCUT2D eigenvalue weighted by Crippen LogP contribution is -2.45. The number of nitrogens with one attached hydrogen (secondary N) is 1. The summed E-state index contributed by atoms with van der Waals surface area (Å²) in [6.45, 7) is 3.44. The number of amides is 1. The average molecular weight is 411 g/mol. The number of hydrogen-bond acceptors (Lipinski definition) is 8. The molecule has 8 nitrogen and oxygen atoms in total. The van der Waals surface area contributed by atoms with Crippen molar-refractivity contribution in [3.8, 4) is 11.6 Å². The van der Waals surface area contributed by atoms with Gasteiger partial charge in [0, 0.05) is 31.5 Å². The minimum atomic E-state index is -0.132. The van der Waals surface area contributed by atoms with Gasteiger partial charge in [-0.3, -0.25) is 4.79 Å². The third-order valence-corrected chi connectivity index (χ3v) is 5.57. The first-order chi connectivity index (χ1) is 14.2. The Labute approximate surface area is 173 Å². The summed E-state index contributed by atoms with van der Waals surface area (Å²) in [5.41, 5.74) is 1.17. The van der Waals surface area contributed by atoms with E-state index in [0.717, 1.165) is 31.9 Å². The monoisotopic (exact) mass is 410 g/mol. The van der Waals surface area contributed by atoms with Crippen molar-refractivity contribution in [1.29, 1.82) is 0 Å². The molecule has 3 aromatic rings. The normalized spacial score (nSPS) is 14.8. The van der Waals surface area contributed by atoms with E-state index in [1.807, 2.05) is 19.2 Å². The highest BCUT2D eigenvalue weighted by molar-refractivity contribution is 7.98. The maximum Gasteiger partial charge on any atom is 0.256 e. The summed E-state index contributed by atoms with van der Waals surface area (Å²) in [6, 6.07) is 5.51. The number of piperidine rings is 1. The van der Waals surface area contributed by atoms with Gasteiger partial charge in [0.15, 0.2) is 11.6 Å². The Morgan fingerprint density at radius 1 is 1.21 bits per heavy atom. The lowest BCUT2D eigenvalue weighted by atomic mass is 10.0. The van der Waals surface area contributed by atoms with Gasteiger partial charge < -0.3 is 14.6 Å². The van der Waals surface area contributed by atoms with Gasteiger partial charge >= 0.3 is 0 Å². The van der Waals surface area contributed by atoms with E-state index in [1.165, 1.54) is 11.8 Å². The zero-order valence-electron chi connectivity index (χ0n) is 16.3. The van der Waals surface area contributed by atoms with Crippen LogP contribution >= 0.6 is 11.8 Å². The van der Waals surface area contributed by atoms with Gasteiger partial charge in [-0.15, -0.1) is 11.8 Å². The number of thioether (sulfide) groups is 1. The predicted molar refractivity (Wildman–Crippen MR) is 111 cm³/mol. The Morgan fingerprint density at radius 2 is 1.97 bits per heavy atom. The maximum absolute atomic E-state index is 13.0. The first-order valence-corrected chi connectivity index (χ1v) is 10.7. The number of carbonyl (C=O) groups excluding carboxylic acids is 1. The average Bonchev–Trinajstić information content (AvgIpc) is 3.29. The summed E-state index contributed by atoms with van der Waals surface area (Å²) < 4.78 is 5.39. The molecule has 1 aliphatic heterocycles. The third kappa shape index (κ3) is 4.24. The maximum atomic E-state index is 13.0. The van der Waals surface area contributed by atoms with E-state index in [9.17, 15) is 4.79 Å². The topological polar surface area (TPSA) is 97.0 Å². The van der Waals surface area contributed by atoms with Crippen molar-refractivity contribution in [2.24, 2.45) is 0 Å². The highest BCUT2D eigenvalue weighted by atomic mass is 32.2. The summed E-state index contributed by atoms with van der Waals surface area (Å²) >= 11 is 1.43. The number of nitrogens with zero attached hydrogens (tertiary/aromatic N) is 5. The number of hydrogen-bond donors (Lipinski definition) is 1. The van der Waals surface area contributed by atoms with Crippen LogP contribution in [0.15, 0.2) is 46.3 Å². The van der Waals surface area contributed by atoms with Crippen molar-refractivity contribution >= 4 is 23.6 Å². The number of aryl methyl sites for hydroxylation is 1. The van der Waals surface area contributed by atoms with Crippen LogP contribution in [0.4, 0.5) is 5.95 Å². The molecule has 4 heterocycles. The molecule has 1 saturated heterocycles. The minimum absolute atomic E-state index is 0.0984. The van der Waals surface area contributed by atoms with E-state index in [0.29, 0.717) is 27.9 Å². The molecule has 3 aromatic heterocycles. The molecule has 9 heteroatoms. The first-order valence-electron chi connectivity index (χ1n) is 9.45. The molecule has 1 aliphatic rings. The number of furan rings is 1. The summed E-state index contributed by atoms with van der Waals surface area (Å²) in [7, 11) is 0. The number of anilines is 1. The van der Waals surface area contributed by atoms with Gasteiger partial charge in [-0.25, -0.2) is 19.9 Å². The number of rotatable bonds is 5. The van der Waals surface area contributed by atoms with Crippen LogP contribution in [-0.2, 0) is 0 Å². The minimum Gasteiger partial charge on any atom is -0.461 e. The molecule has 0 unspecified atom stereocenters. The van der Waals surface area contributed by atoms with Crippen molar-refractivity contribution in [3.63, 3.8) is 0 Å². The zero-order valence-corrected chi connectivity index (χ0v) is 17.1.